The third kappa shape index (κ3) is 5.42. The second-order valence-electron chi connectivity index (χ2n) is 5.34. The predicted octanol–water partition coefficient (Wildman–Crippen LogP) is 4.40. The Morgan fingerprint density at radius 2 is 1.87 bits per heavy atom. The van der Waals surface area contributed by atoms with Gasteiger partial charge in [-0.2, -0.15) is 0 Å². The van der Waals surface area contributed by atoms with E-state index in [0.29, 0.717) is 18.4 Å². The van der Waals surface area contributed by atoms with Crippen molar-refractivity contribution in [3.63, 3.8) is 0 Å². The summed E-state index contributed by atoms with van der Waals surface area (Å²) in [4.78, 5) is 4.56. The van der Waals surface area contributed by atoms with Gasteiger partial charge in [0.05, 0.1) is 15.7 Å². The molecule has 0 unspecified atom stereocenters. The first-order chi connectivity index (χ1) is 11.0. The van der Waals surface area contributed by atoms with Crippen molar-refractivity contribution in [1.82, 2.24) is 0 Å². The number of aliphatic hydroxyl groups excluding tert-OH is 1. The van der Waals surface area contributed by atoms with Gasteiger partial charge in [0.2, 0.25) is 0 Å². The van der Waals surface area contributed by atoms with Crippen LogP contribution in [0.3, 0.4) is 0 Å². The number of phenols is 1. The average molecular weight is 535 g/mol. The van der Waals surface area contributed by atoms with Crippen LogP contribution in [0.2, 0.25) is 0 Å². The number of aromatic hydroxyl groups is 1. The van der Waals surface area contributed by atoms with Crippen LogP contribution in [-0.2, 0) is 6.42 Å². The first-order valence-electron chi connectivity index (χ1n) is 7.44. The number of benzene rings is 2. The smallest absolute Gasteiger partial charge is 0.137 e. The Kier molecular flexibility index (Phi) is 7.29. The molecule has 0 heterocycles. The average Bonchev–Trinajstić information content (AvgIpc) is 2.55. The van der Waals surface area contributed by atoms with E-state index in [1.54, 1.807) is 6.21 Å². The lowest BCUT2D eigenvalue weighted by Crippen LogP contribution is -2.26. The van der Waals surface area contributed by atoms with E-state index in [0.717, 1.165) is 12.7 Å². The Morgan fingerprint density at radius 1 is 1.17 bits per heavy atom. The molecule has 122 valence electrons. The maximum atomic E-state index is 10.3. The van der Waals surface area contributed by atoms with Crippen LogP contribution in [0.15, 0.2) is 47.5 Å². The van der Waals surface area contributed by atoms with Gasteiger partial charge in [-0.3, -0.25) is 4.99 Å². The fourth-order valence-electron chi connectivity index (χ4n) is 2.28. The van der Waals surface area contributed by atoms with Crippen LogP contribution in [0, 0.1) is 7.14 Å². The normalized spacial score (nSPS) is 14.1. The van der Waals surface area contributed by atoms with Gasteiger partial charge in [0, 0.05) is 15.3 Å². The summed E-state index contributed by atoms with van der Waals surface area (Å²) in [6, 6.07) is 13.6. The molecule has 5 heteroatoms. The van der Waals surface area contributed by atoms with Crippen LogP contribution < -0.4 is 0 Å². The standard InChI is InChI=1S/C18H19I2NO2/c1-2-17(22)16(8-12-6-4-3-5-7-12)21-11-13-9-14(19)10-15(20)18(13)23/h3-7,9-11,16-17,22-23H,2,8H2,1H3/t16-,17+/m0/s1. The van der Waals surface area contributed by atoms with Crippen molar-refractivity contribution in [2.45, 2.75) is 31.9 Å². The highest BCUT2D eigenvalue weighted by Crippen LogP contribution is 2.26. The van der Waals surface area contributed by atoms with Crippen molar-refractivity contribution in [3.05, 3.63) is 60.7 Å². The Bertz CT molecular complexity index is 674. The Hall–Kier alpha value is -0.670. The van der Waals surface area contributed by atoms with Crippen molar-refractivity contribution in [2.24, 2.45) is 4.99 Å². The molecule has 0 saturated heterocycles. The van der Waals surface area contributed by atoms with Crippen LogP contribution in [0.25, 0.3) is 0 Å². The first kappa shape index (κ1) is 18.7. The highest BCUT2D eigenvalue weighted by Gasteiger charge is 2.17. The minimum absolute atomic E-state index is 0.225. The van der Waals surface area contributed by atoms with Gasteiger partial charge in [-0.1, -0.05) is 37.3 Å². The number of rotatable bonds is 6. The molecule has 2 aromatic rings. The molecule has 23 heavy (non-hydrogen) atoms. The summed E-state index contributed by atoms with van der Waals surface area (Å²) in [5, 5.41) is 20.4. The molecular weight excluding hydrogens is 516 g/mol. The van der Waals surface area contributed by atoms with Gasteiger partial charge in [-0.25, -0.2) is 0 Å². The molecule has 0 aliphatic carbocycles. The van der Waals surface area contributed by atoms with E-state index in [9.17, 15) is 10.2 Å². The third-order valence-electron chi connectivity index (χ3n) is 3.61. The first-order valence-corrected chi connectivity index (χ1v) is 9.60. The molecule has 3 nitrogen and oxygen atoms in total. The van der Waals surface area contributed by atoms with Crippen molar-refractivity contribution in [2.75, 3.05) is 0 Å². The number of halogens is 2. The highest BCUT2D eigenvalue weighted by atomic mass is 127. The number of nitrogens with zero attached hydrogens (tertiary/aromatic N) is 1. The monoisotopic (exact) mass is 535 g/mol. The van der Waals surface area contributed by atoms with E-state index in [2.05, 4.69) is 50.2 Å². The van der Waals surface area contributed by atoms with Gasteiger partial charge in [-0.15, -0.1) is 0 Å². The zero-order valence-electron chi connectivity index (χ0n) is 12.8. The van der Waals surface area contributed by atoms with Gasteiger partial charge < -0.3 is 10.2 Å². The van der Waals surface area contributed by atoms with Crippen molar-refractivity contribution >= 4 is 51.4 Å². The molecule has 0 fully saturated rings. The number of aliphatic imine (C=N–C) groups is 1. The van der Waals surface area contributed by atoms with E-state index in [1.807, 2.05) is 49.4 Å². The Balaban J connectivity index is 2.24. The molecule has 0 aliphatic rings. The molecule has 2 aromatic carbocycles. The summed E-state index contributed by atoms with van der Waals surface area (Å²) in [5.41, 5.74) is 1.83. The topological polar surface area (TPSA) is 52.8 Å². The lowest BCUT2D eigenvalue weighted by atomic mass is 10.0. The molecule has 0 spiro atoms. The molecular formula is C18H19I2NO2. The highest BCUT2D eigenvalue weighted by molar-refractivity contribution is 14.1. The zero-order chi connectivity index (χ0) is 16.8. The Morgan fingerprint density at radius 3 is 2.52 bits per heavy atom. The summed E-state index contributed by atoms with van der Waals surface area (Å²) in [5.74, 6) is 0.235. The van der Waals surface area contributed by atoms with E-state index in [4.69, 9.17) is 0 Å². The molecule has 2 rings (SSSR count). The molecule has 2 N–H and O–H groups in total. The molecule has 0 radical (unpaired) electrons. The number of hydrogen-bond donors (Lipinski definition) is 2. The molecule has 0 saturated carbocycles. The summed E-state index contributed by atoms with van der Waals surface area (Å²) in [6.07, 6.45) is 2.49. The number of aliphatic hydroxyl groups is 1. The largest absolute Gasteiger partial charge is 0.506 e. The minimum Gasteiger partial charge on any atom is -0.506 e. The Labute approximate surface area is 164 Å². The van der Waals surface area contributed by atoms with Crippen LogP contribution in [0.5, 0.6) is 5.75 Å². The quantitative estimate of drug-likeness (QED) is 0.426. The van der Waals surface area contributed by atoms with Gasteiger partial charge in [0.25, 0.3) is 0 Å². The SMILES string of the molecule is CC[C@@H](O)[C@H](Cc1ccccc1)N=Cc1cc(I)cc(I)c1O. The van der Waals surface area contributed by atoms with E-state index >= 15 is 0 Å². The second kappa shape index (κ2) is 8.98. The fourth-order valence-corrected chi connectivity index (χ4v) is 4.17. The van der Waals surface area contributed by atoms with Crippen LogP contribution in [-0.4, -0.2) is 28.6 Å². The van der Waals surface area contributed by atoms with Crippen LogP contribution in [0.4, 0.5) is 0 Å². The lowest BCUT2D eigenvalue weighted by molar-refractivity contribution is 0.141. The fraction of sp³-hybridized carbons (Fsp3) is 0.278. The summed E-state index contributed by atoms with van der Waals surface area (Å²) in [7, 11) is 0. The van der Waals surface area contributed by atoms with Gasteiger partial charge in [0.1, 0.15) is 5.75 Å². The van der Waals surface area contributed by atoms with Gasteiger partial charge in [0.15, 0.2) is 0 Å². The van der Waals surface area contributed by atoms with Crippen molar-refractivity contribution < 1.29 is 10.2 Å². The summed E-state index contributed by atoms with van der Waals surface area (Å²) >= 11 is 4.32. The van der Waals surface area contributed by atoms with Crippen LogP contribution >= 0.6 is 45.2 Å². The molecule has 0 aliphatic heterocycles. The maximum absolute atomic E-state index is 10.3. The van der Waals surface area contributed by atoms with Gasteiger partial charge in [-0.05, 0) is 75.7 Å². The number of phenolic OH excluding ortho intramolecular Hbond substituents is 1. The maximum Gasteiger partial charge on any atom is 0.137 e. The van der Waals surface area contributed by atoms with E-state index < -0.39 is 6.10 Å². The molecule has 2 atom stereocenters. The zero-order valence-corrected chi connectivity index (χ0v) is 17.1. The molecule has 0 bridgehead atoms. The molecule has 0 amide bonds. The molecule has 0 aromatic heterocycles. The van der Waals surface area contributed by atoms with E-state index in [-0.39, 0.29) is 11.8 Å². The van der Waals surface area contributed by atoms with E-state index in [1.165, 1.54) is 0 Å². The van der Waals surface area contributed by atoms with Gasteiger partial charge >= 0.3 is 0 Å². The predicted molar refractivity (Wildman–Crippen MR) is 111 cm³/mol. The van der Waals surface area contributed by atoms with Crippen molar-refractivity contribution in [1.29, 1.82) is 0 Å². The van der Waals surface area contributed by atoms with Crippen molar-refractivity contribution in [3.8, 4) is 5.75 Å². The minimum atomic E-state index is -0.504. The van der Waals surface area contributed by atoms with Crippen LogP contribution in [0.1, 0.15) is 24.5 Å². The number of hydrogen-bond acceptors (Lipinski definition) is 3. The lowest BCUT2D eigenvalue weighted by Gasteiger charge is -2.18. The second-order valence-corrected chi connectivity index (χ2v) is 7.74. The summed E-state index contributed by atoms with van der Waals surface area (Å²) < 4.78 is 1.84. The third-order valence-corrected chi connectivity index (χ3v) is 5.06. The summed E-state index contributed by atoms with van der Waals surface area (Å²) in [6.45, 7) is 1.95.